The summed E-state index contributed by atoms with van der Waals surface area (Å²) in [5.74, 6) is -0.725. The van der Waals surface area contributed by atoms with Crippen LogP contribution in [0.2, 0.25) is 0 Å². The number of carbonyl (C=O) groups is 2. The van der Waals surface area contributed by atoms with Crippen molar-refractivity contribution < 1.29 is 14.3 Å². The van der Waals surface area contributed by atoms with E-state index in [1.807, 2.05) is 0 Å². The van der Waals surface area contributed by atoms with Gasteiger partial charge in [0.05, 0.1) is 6.42 Å². The van der Waals surface area contributed by atoms with Gasteiger partial charge in [-0.1, -0.05) is 0 Å². The van der Waals surface area contributed by atoms with Crippen LogP contribution in [0.15, 0.2) is 0 Å². The molecule has 13 heavy (non-hydrogen) atoms. The Morgan fingerprint density at radius 2 is 2.08 bits per heavy atom. The van der Waals surface area contributed by atoms with Crippen LogP contribution in [0, 0.1) is 0 Å². The highest BCUT2D eigenvalue weighted by Crippen LogP contribution is 2.28. The van der Waals surface area contributed by atoms with Crippen molar-refractivity contribution in [2.45, 2.75) is 38.5 Å². The zero-order valence-electron chi connectivity index (χ0n) is 8.01. The van der Waals surface area contributed by atoms with E-state index in [0.717, 1.165) is 0 Å². The molecular weight excluding hydrogens is 172 g/mol. The number of nitrogens with two attached hydrogens (primary N) is 1. The van der Waals surface area contributed by atoms with E-state index in [9.17, 15) is 9.59 Å². The number of hydrogen-bond acceptors (Lipinski definition) is 3. The van der Waals surface area contributed by atoms with Gasteiger partial charge in [-0.3, -0.25) is 9.59 Å². The highest BCUT2D eigenvalue weighted by molar-refractivity contribution is 5.87. The van der Waals surface area contributed by atoms with Gasteiger partial charge in [0.2, 0.25) is 5.91 Å². The molecule has 1 heterocycles. The second kappa shape index (κ2) is 2.70. The summed E-state index contributed by atoms with van der Waals surface area (Å²) >= 11 is 0. The minimum Gasteiger partial charge on any atom is -0.370 e. The Balaban J connectivity index is 2.76. The van der Waals surface area contributed by atoms with Crippen molar-refractivity contribution in [2.24, 2.45) is 5.73 Å². The molecule has 0 spiro atoms. The van der Waals surface area contributed by atoms with Crippen molar-refractivity contribution in [3.8, 4) is 0 Å². The summed E-state index contributed by atoms with van der Waals surface area (Å²) in [6, 6.07) is 0. The molecule has 1 aliphatic rings. The van der Waals surface area contributed by atoms with Crippen LogP contribution in [-0.4, -0.2) is 23.1 Å². The molecular formula is C8H14N2O3. The first-order valence-electron chi connectivity index (χ1n) is 4.06. The molecule has 0 aromatic rings. The Morgan fingerprint density at radius 1 is 1.54 bits per heavy atom. The molecule has 0 aromatic carbocycles. The van der Waals surface area contributed by atoms with Crippen LogP contribution in [-0.2, 0) is 14.3 Å². The Bertz CT molecular complexity index is 262. The van der Waals surface area contributed by atoms with E-state index in [1.165, 1.54) is 0 Å². The van der Waals surface area contributed by atoms with E-state index < -0.39 is 17.2 Å². The van der Waals surface area contributed by atoms with Gasteiger partial charge in [0.1, 0.15) is 11.3 Å². The van der Waals surface area contributed by atoms with Gasteiger partial charge in [0.25, 0.3) is 5.91 Å². The van der Waals surface area contributed by atoms with Gasteiger partial charge >= 0.3 is 0 Å². The molecule has 1 unspecified atom stereocenters. The number of rotatable bonds is 2. The lowest BCUT2D eigenvalue weighted by atomic mass is 10.1. The van der Waals surface area contributed by atoms with Crippen molar-refractivity contribution in [3.05, 3.63) is 0 Å². The first kappa shape index (κ1) is 9.98. The molecule has 0 saturated carbocycles. The molecule has 0 bridgehead atoms. The van der Waals surface area contributed by atoms with Gasteiger partial charge in [-0.2, -0.15) is 0 Å². The predicted octanol–water partition coefficient (Wildman–Crippen LogP) is -0.497. The summed E-state index contributed by atoms with van der Waals surface area (Å²) in [7, 11) is 0. The third-order valence-corrected chi connectivity index (χ3v) is 1.92. The van der Waals surface area contributed by atoms with E-state index in [2.05, 4.69) is 5.32 Å². The van der Waals surface area contributed by atoms with Crippen LogP contribution in [0.1, 0.15) is 27.2 Å². The third kappa shape index (κ3) is 1.98. The van der Waals surface area contributed by atoms with Crippen molar-refractivity contribution in [1.29, 1.82) is 0 Å². The standard InChI is InChI=1S/C8H14N2O3/c1-7(2)6(12)10-8(3,13-7)4-5(9)11/h4H2,1-3H3,(H2,9,11)(H,10,12). The molecule has 1 rings (SSSR count). The molecule has 0 aliphatic carbocycles. The minimum atomic E-state index is -0.952. The number of hydrogen-bond donors (Lipinski definition) is 2. The monoisotopic (exact) mass is 186 g/mol. The van der Waals surface area contributed by atoms with Crippen molar-refractivity contribution >= 4 is 11.8 Å². The molecule has 5 heteroatoms. The molecule has 1 atom stereocenters. The molecule has 1 aliphatic heterocycles. The van der Waals surface area contributed by atoms with E-state index in [1.54, 1.807) is 20.8 Å². The highest BCUT2D eigenvalue weighted by atomic mass is 16.6. The van der Waals surface area contributed by atoms with Crippen LogP contribution in [0.25, 0.3) is 0 Å². The van der Waals surface area contributed by atoms with Crippen molar-refractivity contribution in [3.63, 3.8) is 0 Å². The maximum Gasteiger partial charge on any atom is 0.253 e. The van der Waals surface area contributed by atoms with Gasteiger partial charge in [-0.25, -0.2) is 0 Å². The summed E-state index contributed by atoms with van der Waals surface area (Å²) in [6.07, 6.45) is -0.0117. The summed E-state index contributed by atoms with van der Waals surface area (Å²) in [5, 5.41) is 2.59. The van der Waals surface area contributed by atoms with E-state index in [0.29, 0.717) is 0 Å². The summed E-state index contributed by atoms with van der Waals surface area (Å²) in [4.78, 5) is 22.0. The quantitative estimate of drug-likeness (QED) is 0.610. The Labute approximate surface area is 76.6 Å². The van der Waals surface area contributed by atoms with Crippen molar-refractivity contribution in [1.82, 2.24) is 5.32 Å². The van der Waals surface area contributed by atoms with Gasteiger partial charge in [0.15, 0.2) is 0 Å². The molecule has 3 N–H and O–H groups in total. The fourth-order valence-corrected chi connectivity index (χ4v) is 1.44. The molecule has 0 radical (unpaired) electrons. The Morgan fingerprint density at radius 3 is 2.38 bits per heavy atom. The van der Waals surface area contributed by atoms with Crippen LogP contribution in [0.5, 0.6) is 0 Å². The number of ether oxygens (including phenoxy) is 1. The summed E-state index contributed by atoms with van der Waals surface area (Å²) in [5.41, 5.74) is 3.18. The molecule has 0 aromatic heterocycles. The van der Waals surface area contributed by atoms with Gasteiger partial charge in [-0.05, 0) is 20.8 Å². The van der Waals surface area contributed by atoms with E-state index in [4.69, 9.17) is 10.5 Å². The average Bonchev–Trinajstić information content (AvgIpc) is 1.98. The SMILES string of the molecule is CC1(CC(N)=O)NC(=O)C(C)(C)O1. The lowest BCUT2D eigenvalue weighted by Gasteiger charge is -2.23. The van der Waals surface area contributed by atoms with Crippen LogP contribution in [0.4, 0.5) is 0 Å². The summed E-state index contributed by atoms with van der Waals surface area (Å²) in [6.45, 7) is 4.92. The molecule has 5 nitrogen and oxygen atoms in total. The van der Waals surface area contributed by atoms with Gasteiger partial charge in [0, 0.05) is 0 Å². The number of nitrogens with one attached hydrogen (secondary N) is 1. The zero-order chi connectivity index (χ0) is 10.3. The smallest absolute Gasteiger partial charge is 0.253 e. The summed E-state index contributed by atoms with van der Waals surface area (Å²) < 4.78 is 5.40. The van der Waals surface area contributed by atoms with Crippen molar-refractivity contribution in [2.75, 3.05) is 0 Å². The lowest BCUT2D eigenvalue weighted by molar-refractivity contribution is -0.137. The molecule has 1 saturated heterocycles. The van der Waals surface area contributed by atoms with Crippen LogP contribution in [0.3, 0.4) is 0 Å². The fourth-order valence-electron chi connectivity index (χ4n) is 1.44. The molecule has 2 amide bonds. The topological polar surface area (TPSA) is 81.4 Å². The number of carbonyl (C=O) groups excluding carboxylic acids is 2. The largest absolute Gasteiger partial charge is 0.370 e. The van der Waals surface area contributed by atoms with Crippen LogP contribution < -0.4 is 11.1 Å². The first-order valence-corrected chi connectivity index (χ1v) is 4.06. The van der Waals surface area contributed by atoms with Gasteiger partial charge < -0.3 is 15.8 Å². The zero-order valence-corrected chi connectivity index (χ0v) is 8.01. The normalized spacial score (nSPS) is 31.5. The average molecular weight is 186 g/mol. The number of amides is 2. The second-order valence-electron chi connectivity index (χ2n) is 3.94. The second-order valence-corrected chi connectivity index (χ2v) is 3.94. The maximum atomic E-state index is 11.3. The van der Waals surface area contributed by atoms with Crippen LogP contribution >= 0.6 is 0 Å². The minimum absolute atomic E-state index is 0.0117. The predicted molar refractivity (Wildman–Crippen MR) is 45.5 cm³/mol. The third-order valence-electron chi connectivity index (χ3n) is 1.92. The Hall–Kier alpha value is -1.10. The number of primary amides is 1. The maximum absolute atomic E-state index is 11.3. The van der Waals surface area contributed by atoms with Gasteiger partial charge in [-0.15, -0.1) is 0 Å². The highest BCUT2D eigenvalue weighted by Gasteiger charge is 2.47. The Kier molecular flexibility index (Phi) is 2.07. The van der Waals surface area contributed by atoms with E-state index >= 15 is 0 Å². The first-order chi connectivity index (χ1) is 5.75. The fraction of sp³-hybridized carbons (Fsp3) is 0.750. The van der Waals surface area contributed by atoms with E-state index in [-0.39, 0.29) is 12.3 Å². The lowest BCUT2D eigenvalue weighted by Crippen LogP contribution is -2.42. The molecule has 74 valence electrons. The molecule has 1 fully saturated rings.